The number of amides is 1. The van der Waals surface area contributed by atoms with Crippen LogP contribution >= 0.6 is 0 Å². The van der Waals surface area contributed by atoms with Crippen LogP contribution in [0.1, 0.15) is 35.4 Å². The average Bonchev–Trinajstić information content (AvgIpc) is 2.94. The standard InChI is InChI=1S/C19H23N3O2/c1-3-19(24)22(15-8-6-7-14(11-15)13-23)12-18-16-9-4-5-10-17(16)20-21(18)2/h3,6-8,11,23H,1,4-5,9-10,12-13H2,2H3. The molecule has 0 fully saturated rings. The first-order chi connectivity index (χ1) is 11.6. The highest BCUT2D eigenvalue weighted by molar-refractivity contribution is 6.01. The fraction of sp³-hybridized carbons (Fsp3) is 0.368. The van der Waals surface area contributed by atoms with Crippen molar-refractivity contribution in [3.63, 3.8) is 0 Å². The summed E-state index contributed by atoms with van der Waals surface area (Å²) in [5, 5.41) is 14.0. The zero-order valence-corrected chi connectivity index (χ0v) is 14.0. The van der Waals surface area contributed by atoms with Crippen LogP contribution in [0.2, 0.25) is 0 Å². The molecule has 24 heavy (non-hydrogen) atoms. The van der Waals surface area contributed by atoms with E-state index in [2.05, 4.69) is 11.7 Å². The van der Waals surface area contributed by atoms with E-state index in [9.17, 15) is 9.90 Å². The van der Waals surface area contributed by atoms with Crippen molar-refractivity contribution in [2.75, 3.05) is 4.90 Å². The van der Waals surface area contributed by atoms with Gasteiger partial charge in [0.25, 0.3) is 5.91 Å². The first kappa shape index (κ1) is 16.5. The number of aromatic nitrogens is 2. The van der Waals surface area contributed by atoms with Crippen LogP contribution in [0.3, 0.4) is 0 Å². The molecular formula is C19H23N3O2. The van der Waals surface area contributed by atoms with Crippen molar-refractivity contribution in [2.24, 2.45) is 7.05 Å². The number of rotatable bonds is 5. The SMILES string of the molecule is C=CC(=O)N(Cc1c2c(nn1C)CCCC2)c1cccc(CO)c1. The molecule has 0 saturated heterocycles. The molecule has 0 radical (unpaired) electrons. The number of hydrogen-bond donors (Lipinski definition) is 1. The monoisotopic (exact) mass is 325 g/mol. The number of aliphatic hydroxyl groups excluding tert-OH is 1. The number of carbonyl (C=O) groups excluding carboxylic acids is 1. The largest absolute Gasteiger partial charge is 0.392 e. The normalized spacial score (nSPS) is 13.4. The van der Waals surface area contributed by atoms with Gasteiger partial charge in [-0.05, 0) is 55.0 Å². The van der Waals surface area contributed by atoms with Crippen LogP contribution in [-0.2, 0) is 37.8 Å². The molecule has 0 bridgehead atoms. The molecule has 2 aromatic rings. The van der Waals surface area contributed by atoms with Gasteiger partial charge >= 0.3 is 0 Å². The second-order valence-electron chi connectivity index (χ2n) is 6.16. The second kappa shape index (κ2) is 7.01. The van der Waals surface area contributed by atoms with Gasteiger partial charge in [0, 0.05) is 12.7 Å². The Morgan fingerprint density at radius 3 is 2.96 bits per heavy atom. The predicted molar refractivity (Wildman–Crippen MR) is 93.6 cm³/mol. The highest BCUT2D eigenvalue weighted by atomic mass is 16.3. The average molecular weight is 325 g/mol. The number of nitrogens with zero attached hydrogens (tertiary/aromatic N) is 3. The highest BCUT2D eigenvalue weighted by Crippen LogP contribution is 2.27. The maximum atomic E-state index is 12.4. The van der Waals surface area contributed by atoms with Gasteiger partial charge in [0.15, 0.2) is 0 Å². The Labute approximate surface area is 142 Å². The Morgan fingerprint density at radius 1 is 1.42 bits per heavy atom. The molecule has 0 aliphatic heterocycles. The lowest BCUT2D eigenvalue weighted by Gasteiger charge is -2.23. The van der Waals surface area contributed by atoms with Crippen LogP contribution in [0.25, 0.3) is 0 Å². The Morgan fingerprint density at radius 2 is 2.21 bits per heavy atom. The lowest BCUT2D eigenvalue weighted by Crippen LogP contribution is -2.30. The van der Waals surface area contributed by atoms with Crippen LogP contribution in [0, 0.1) is 0 Å². The minimum atomic E-state index is -0.157. The molecule has 0 saturated carbocycles. The molecular weight excluding hydrogens is 302 g/mol. The van der Waals surface area contributed by atoms with Crippen LogP contribution in [-0.4, -0.2) is 20.8 Å². The summed E-state index contributed by atoms with van der Waals surface area (Å²) < 4.78 is 1.90. The molecule has 126 valence electrons. The van der Waals surface area contributed by atoms with Crippen LogP contribution in [0.4, 0.5) is 5.69 Å². The zero-order chi connectivity index (χ0) is 17.1. The van der Waals surface area contributed by atoms with Crippen molar-refractivity contribution >= 4 is 11.6 Å². The number of aliphatic hydroxyl groups is 1. The molecule has 1 aliphatic carbocycles. The van der Waals surface area contributed by atoms with Crippen molar-refractivity contribution < 1.29 is 9.90 Å². The number of fused-ring (bicyclic) bond motifs is 1. The minimum Gasteiger partial charge on any atom is -0.392 e. The fourth-order valence-electron chi connectivity index (χ4n) is 3.32. The van der Waals surface area contributed by atoms with E-state index in [0.29, 0.717) is 6.54 Å². The van der Waals surface area contributed by atoms with E-state index < -0.39 is 0 Å². The van der Waals surface area contributed by atoms with E-state index in [-0.39, 0.29) is 12.5 Å². The lowest BCUT2D eigenvalue weighted by molar-refractivity contribution is -0.114. The Balaban J connectivity index is 1.97. The van der Waals surface area contributed by atoms with E-state index in [0.717, 1.165) is 35.5 Å². The van der Waals surface area contributed by atoms with Crippen molar-refractivity contribution in [1.29, 1.82) is 0 Å². The molecule has 1 N–H and O–H groups in total. The summed E-state index contributed by atoms with van der Waals surface area (Å²) in [5.74, 6) is -0.157. The van der Waals surface area contributed by atoms with Crippen molar-refractivity contribution in [1.82, 2.24) is 9.78 Å². The number of benzene rings is 1. The summed E-state index contributed by atoms with van der Waals surface area (Å²) in [5.41, 5.74) is 5.06. The fourth-order valence-corrected chi connectivity index (χ4v) is 3.32. The smallest absolute Gasteiger partial charge is 0.250 e. The molecule has 1 heterocycles. The van der Waals surface area contributed by atoms with Gasteiger partial charge in [-0.2, -0.15) is 5.10 Å². The van der Waals surface area contributed by atoms with E-state index in [1.807, 2.05) is 36.0 Å². The Bertz CT molecular complexity index is 764. The molecule has 1 amide bonds. The molecule has 3 rings (SSSR count). The van der Waals surface area contributed by atoms with Crippen molar-refractivity contribution in [2.45, 2.75) is 38.8 Å². The van der Waals surface area contributed by atoms with Gasteiger partial charge in [0.05, 0.1) is 24.5 Å². The van der Waals surface area contributed by atoms with E-state index in [4.69, 9.17) is 0 Å². The van der Waals surface area contributed by atoms with E-state index in [1.165, 1.54) is 24.5 Å². The van der Waals surface area contributed by atoms with Crippen LogP contribution in [0.15, 0.2) is 36.9 Å². The van der Waals surface area contributed by atoms with Gasteiger partial charge in [-0.15, -0.1) is 0 Å². The number of carbonyl (C=O) groups is 1. The molecule has 0 spiro atoms. The second-order valence-corrected chi connectivity index (χ2v) is 6.16. The summed E-state index contributed by atoms with van der Waals surface area (Å²) in [7, 11) is 1.94. The number of aryl methyl sites for hydroxylation is 2. The van der Waals surface area contributed by atoms with E-state index in [1.54, 1.807) is 4.90 Å². The third-order valence-corrected chi connectivity index (χ3v) is 4.60. The summed E-state index contributed by atoms with van der Waals surface area (Å²) >= 11 is 0. The highest BCUT2D eigenvalue weighted by Gasteiger charge is 2.23. The minimum absolute atomic E-state index is 0.0505. The zero-order valence-electron chi connectivity index (χ0n) is 14.0. The quantitative estimate of drug-likeness (QED) is 0.859. The molecule has 0 atom stereocenters. The molecule has 1 aromatic carbocycles. The van der Waals surface area contributed by atoms with Crippen LogP contribution < -0.4 is 4.90 Å². The van der Waals surface area contributed by atoms with Gasteiger partial charge in [0.2, 0.25) is 0 Å². The van der Waals surface area contributed by atoms with Gasteiger partial charge in [-0.25, -0.2) is 0 Å². The van der Waals surface area contributed by atoms with Gasteiger partial charge in [0.1, 0.15) is 0 Å². The van der Waals surface area contributed by atoms with Crippen molar-refractivity contribution in [3.8, 4) is 0 Å². The number of hydrogen-bond acceptors (Lipinski definition) is 3. The summed E-state index contributed by atoms with van der Waals surface area (Å²) in [6, 6.07) is 7.41. The third-order valence-electron chi connectivity index (χ3n) is 4.60. The summed E-state index contributed by atoms with van der Waals surface area (Å²) in [6.45, 7) is 4.03. The predicted octanol–water partition coefficient (Wildman–Crippen LogP) is 2.51. The van der Waals surface area contributed by atoms with Gasteiger partial charge in [-0.1, -0.05) is 18.7 Å². The Kier molecular flexibility index (Phi) is 4.81. The summed E-state index contributed by atoms with van der Waals surface area (Å²) in [6.07, 6.45) is 5.71. The molecule has 0 unspecified atom stereocenters. The first-order valence-electron chi connectivity index (χ1n) is 8.31. The molecule has 5 nitrogen and oxygen atoms in total. The Hall–Kier alpha value is -2.40. The first-order valence-corrected chi connectivity index (χ1v) is 8.31. The van der Waals surface area contributed by atoms with Crippen molar-refractivity contribution in [3.05, 3.63) is 59.4 Å². The van der Waals surface area contributed by atoms with Crippen LogP contribution in [0.5, 0.6) is 0 Å². The summed E-state index contributed by atoms with van der Waals surface area (Å²) in [4.78, 5) is 14.1. The maximum Gasteiger partial charge on any atom is 0.250 e. The molecule has 1 aromatic heterocycles. The molecule has 1 aliphatic rings. The molecule has 5 heteroatoms. The number of anilines is 1. The lowest BCUT2D eigenvalue weighted by atomic mass is 9.95. The third kappa shape index (κ3) is 3.12. The van der Waals surface area contributed by atoms with Gasteiger partial charge < -0.3 is 10.0 Å². The maximum absolute atomic E-state index is 12.4. The topological polar surface area (TPSA) is 58.4 Å². The van der Waals surface area contributed by atoms with Gasteiger partial charge in [-0.3, -0.25) is 9.48 Å². The van der Waals surface area contributed by atoms with E-state index >= 15 is 0 Å².